The Balaban J connectivity index is 1.64. The van der Waals surface area contributed by atoms with Crippen molar-refractivity contribution in [3.63, 3.8) is 0 Å². The predicted molar refractivity (Wildman–Crippen MR) is 119 cm³/mol. The monoisotopic (exact) mass is 422 g/mol. The number of nitrogens with one attached hydrogen (secondary N) is 2. The Labute approximate surface area is 179 Å². The first kappa shape index (κ1) is 19.4. The van der Waals surface area contributed by atoms with Crippen LogP contribution >= 0.6 is 11.3 Å². The first-order valence-electron chi connectivity index (χ1n) is 10.7. The molecule has 1 aliphatic heterocycles. The number of thiazole rings is 1. The standard InChI is InChI=1S/C22H26N6OS/c1-3-15-5-4-14(12-24-15)19-17-6-7-18-21(30-22(26-18)25-13(2)29)20(17)28(27-19)16-8-10-23-11-9-16/h4-5,12,16,23H,3,6-11H2,1-2H3,(H,25,26,29). The lowest BCUT2D eigenvalue weighted by atomic mass is 9.95. The molecule has 0 bridgehead atoms. The van der Waals surface area contributed by atoms with Gasteiger partial charge in [0, 0.05) is 29.9 Å². The molecule has 3 aromatic heterocycles. The zero-order chi connectivity index (χ0) is 20.7. The summed E-state index contributed by atoms with van der Waals surface area (Å²) >= 11 is 1.56. The number of hydrogen-bond acceptors (Lipinski definition) is 6. The Bertz CT molecular complexity index is 1080. The highest BCUT2D eigenvalue weighted by Gasteiger charge is 2.32. The summed E-state index contributed by atoms with van der Waals surface area (Å²) in [5.41, 5.74) is 6.74. The van der Waals surface area contributed by atoms with Gasteiger partial charge in [0.1, 0.15) is 0 Å². The number of carbonyl (C=O) groups excluding carboxylic acids is 1. The molecule has 1 amide bonds. The van der Waals surface area contributed by atoms with Gasteiger partial charge in [0.2, 0.25) is 5.91 Å². The van der Waals surface area contributed by atoms with Crippen LogP contribution in [0.1, 0.15) is 49.7 Å². The van der Waals surface area contributed by atoms with Gasteiger partial charge in [-0.1, -0.05) is 18.3 Å². The van der Waals surface area contributed by atoms with Crippen LogP contribution in [0.4, 0.5) is 5.13 Å². The molecule has 4 heterocycles. The number of nitrogens with zero attached hydrogens (tertiary/aromatic N) is 4. The zero-order valence-electron chi connectivity index (χ0n) is 17.4. The van der Waals surface area contributed by atoms with Crippen LogP contribution in [-0.2, 0) is 24.1 Å². The summed E-state index contributed by atoms with van der Waals surface area (Å²) in [6, 6.07) is 4.61. The average Bonchev–Trinajstić information content (AvgIpc) is 3.35. The molecule has 2 N–H and O–H groups in total. The van der Waals surface area contributed by atoms with Crippen molar-refractivity contribution in [2.24, 2.45) is 0 Å². The van der Waals surface area contributed by atoms with Crippen molar-refractivity contribution in [1.82, 2.24) is 25.1 Å². The van der Waals surface area contributed by atoms with Crippen molar-refractivity contribution in [2.45, 2.75) is 52.0 Å². The predicted octanol–water partition coefficient (Wildman–Crippen LogP) is 3.61. The van der Waals surface area contributed by atoms with Crippen LogP contribution < -0.4 is 10.6 Å². The summed E-state index contributed by atoms with van der Waals surface area (Å²) in [5.74, 6) is -0.0871. The third-order valence-corrected chi connectivity index (χ3v) is 6.95. The number of amides is 1. The Morgan fingerprint density at radius 1 is 1.30 bits per heavy atom. The molecule has 1 fully saturated rings. The maximum Gasteiger partial charge on any atom is 0.223 e. The van der Waals surface area contributed by atoms with Crippen LogP contribution in [0.5, 0.6) is 0 Å². The maximum atomic E-state index is 11.6. The van der Waals surface area contributed by atoms with Crippen LogP contribution in [-0.4, -0.2) is 38.7 Å². The number of carbonyl (C=O) groups is 1. The smallest absolute Gasteiger partial charge is 0.223 e. The molecule has 1 aliphatic carbocycles. The molecule has 0 spiro atoms. The van der Waals surface area contributed by atoms with Gasteiger partial charge < -0.3 is 10.6 Å². The molecule has 0 saturated carbocycles. The number of anilines is 1. The van der Waals surface area contributed by atoms with E-state index in [2.05, 4.69) is 39.4 Å². The molecule has 8 heteroatoms. The Morgan fingerprint density at radius 2 is 2.13 bits per heavy atom. The Hall–Kier alpha value is -2.58. The lowest BCUT2D eigenvalue weighted by molar-refractivity contribution is -0.114. The van der Waals surface area contributed by atoms with E-state index in [4.69, 9.17) is 10.1 Å². The van der Waals surface area contributed by atoms with Gasteiger partial charge in [-0.3, -0.25) is 14.5 Å². The highest BCUT2D eigenvalue weighted by atomic mass is 32.1. The molecular weight excluding hydrogens is 396 g/mol. The fourth-order valence-electron chi connectivity index (χ4n) is 4.42. The van der Waals surface area contributed by atoms with Gasteiger partial charge in [0.25, 0.3) is 0 Å². The number of piperidine rings is 1. The van der Waals surface area contributed by atoms with Crippen molar-refractivity contribution in [1.29, 1.82) is 0 Å². The number of fused-ring (bicyclic) bond motifs is 3. The van der Waals surface area contributed by atoms with Gasteiger partial charge in [-0.2, -0.15) is 5.10 Å². The summed E-state index contributed by atoms with van der Waals surface area (Å²) in [6.07, 6.45) is 6.78. The van der Waals surface area contributed by atoms with Crippen LogP contribution in [0.25, 0.3) is 21.8 Å². The van der Waals surface area contributed by atoms with E-state index in [9.17, 15) is 4.79 Å². The van der Waals surface area contributed by atoms with Crippen molar-refractivity contribution in [3.05, 3.63) is 35.3 Å². The van der Waals surface area contributed by atoms with E-state index in [-0.39, 0.29) is 5.91 Å². The lowest BCUT2D eigenvalue weighted by Gasteiger charge is -2.25. The second kappa shape index (κ2) is 7.92. The van der Waals surface area contributed by atoms with Gasteiger partial charge in [-0.05, 0) is 57.3 Å². The first-order chi connectivity index (χ1) is 14.6. The minimum absolute atomic E-state index is 0.0871. The fourth-order valence-corrected chi connectivity index (χ4v) is 5.54. The van der Waals surface area contributed by atoms with E-state index in [0.29, 0.717) is 11.2 Å². The first-order valence-corrected chi connectivity index (χ1v) is 11.5. The second-order valence-corrected chi connectivity index (χ2v) is 8.97. The molecule has 0 unspecified atom stereocenters. The molecule has 30 heavy (non-hydrogen) atoms. The van der Waals surface area contributed by atoms with E-state index >= 15 is 0 Å². The summed E-state index contributed by atoms with van der Waals surface area (Å²) in [5, 5.41) is 12.1. The number of aromatic nitrogens is 4. The molecule has 1 saturated heterocycles. The summed E-state index contributed by atoms with van der Waals surface area (Å²) < 4.78 is 2.24. The Morgan fingerprint density at radius 3 is 2.83 bits per heavy atom. The topological polar surface area (TPSA) is 84.7 Å². The number of pyridine rings is 1. The quantitative estimate of drug-likeness (QED) is 0.671. The fraction of sp³-hybridized carbons (Fsp3) is 0.455. The summed E-state index contributed by atoms with van der Waals surface area (Å²) in [4.78, 5) is 22.0. The molecule has 0 radical (unpaired) electrons. The van der Waals surface area contributed by atoms with E-state index in [1.54, 1.807) is 11.3 Å². The van der Waals surface area contributed by atoms with Crippen LogP contribution in [0.15, 0.2) is 18.3 Å². The summed E-state index contributed by atoms with van der Waals surface area (Å²) in [6.45, 7) is 5.66. The van der Waals surface area contributed by atoms with Crippen molar-refractivity contribution < 1.29 is 4.79 Å². The largest absolute Gasteiger partial charge is 0.317 e. The molecule has 156 valence electrons. The minimum atomic E-state index is -0.0871. The molecular formula is C22H26N6OS. The van der Waals surface area contributed by atoms with Gasteiger partial charge in [0.15, 0.2) is 5.13 Å². The van der Waals surface area contributed by atoms with Crippen molar-refractivity contribution in [2.75, 3.05) is 18.4 Å². The average molecular weight is 423 g/mol. The highest BCUT2D eigenvalue weighted by Crippen LogP contribution is 2.44. The molecule has 0 atom stereocenters. The zero-order valence-corrected chi connectivity index (χ0v) is 18.2. The number of rotatable bonds is 4. The van der Waals surface area contributed by atoms with E-state index in [1.807, 2.05) is 6.20 Å². The Kier molecular flexibility index (Phi) is 5.12. The second-order valence-electron chi connectivity index (χ2n) is 7.97. The minimum Gasteiger partial charge on any atom is -0.317 e. The highest BCUT2D eigenvalue weighted by molar-refractivity contribution is 7.19. The van der Waals surface area contributed by atoms with Crippen LogP contribution in [0.2, 0.25) is 0 Å². The molecule has 2 aliphatic rings. The van der Waals surface area contributed by atoms with Gasteiger partial charge in [-0.25, -0.2) is 4.98 Å². The lowest BCUT2D eigenvalue weighted by Crippen LogP contribution is -2.30. The number of aryl methyl sites for hydroxylation is 2. The third-order valence-electron chi connectivity index (χ3n) is 5.93. The molecule has 5 rings (SSSR count). The third kappa shape index (κ3) is 3.44. The molecule has 7 nitrogen and oxygen atoms in total. The van der Waals surface area contributed by atoms with Gasteiger partial charge in [-0.15, -0.1) is 0 Å². The normalized spacial score (nSPS) is 16.2. The van der Waals surface area contributed by atoms with Crippen molar-refractivity contribution in [3.8, 4) is 21.8 Å². The number of hydrogen-bond donors (Lipinski definition) is 2. The van der Waals surface area contributed by atoms with E-state index in [0.717, 1.165) is 72.7 Å². The maximum absolute atomic E-state index is 11.6. The van der Waals surface area contributed by atoms with Crippen LogP contribution in [0, 0.1) is 0 Å². The van der Waals surface area contributed by atoms with Gasteiger partial charge >= 0.3 is 0 Å². The molecule has 0 aromatic carbocycles. The van der Waals surface area contributed by atoms with Crippen LogP contribution in [0.3, 0.4) is 0 Å². The van der Waals surface area contributed by atoms with Crippen molar-refractivity contribution >= 4 is 22.4 Å². The van der Waals surface area contributed by atoms with E-state index < -0.39 is 0 Å². The van der Waals surface area contributed by atoms with E-state index in [1.165, 1.54) is 18.2 Å². The molecule has 3 aromatic rings. The SMILES string of the molecule is CCc1ccc(-c2nn(C3CCNCC3)c3c2CCc2nc(NC(C)=O)sc2-3)cn1. The summed E-state index contributed by atoms with van der Waals surface area (Å²) in [7, 11) is 0. The van der Waals surface area contributed by atoms with Gasteiger partial charge in [0.05, 0.1) is 28.0 Å².